The maximum Gasteiger partial charge on any atom is 0.411 e. The van der Waals surface area contributed by atoms with Crippen LogP contribution in [0, 0.1) is 23.2 Å². The van der Waals surface area contributed by atoms with Gasteiger partial charge in [0.05, 0.1) is 12.7 Å². The van der Waals surface area contributed by atoms with Crippen molar-refractivity contribution in [2.45, 2.75) is 26.9 Å². The van der Waals surface area contributed by atoms with Gasteiger partial charge in [-0.15, -0.1) is 0 Å². The first kappa shape index (κ1) is 19.6. The molecule has 2 aromatic rings. The van der Waals surface area contributed by atoms with Crippen LogP contribution < -0.4 is 5.32 Å². The van der Waals surface area contributed by atoms with Crippen molar-refractivity contribution in [3.63, 3.8) is 0 Å². The van der Waals surface area contributed by atoms with Gasteiger partial charge in [0.2, 0.25) is 0 Å². The van der Waals surface area contributed by atoms with E-state index in [1.54, 1.807) is 6.20 Å². The number of ether oxygens (including phenoxy) is 2. The number of amides is 1. The topological polar surface area (TPSA) is 60.5 Å². The third-order valence-electron chi connectivity index (χ3n) is 6.75. The minimum atomic E-state index is -0.429. The van der Waals surface area contributed by atoms with Gasteiger partial charge in [-0.25, -0.2) is 4.79 Å². The monoisotopic (exact) mass is 392 g/mol. The molecule has 0 spiro atoms. The first-order chi connectivity index (χ1) is 14.0. The molecule has 1 aliphatic carbocycles. The van der Waals surface area contributed by atoms with Crippen molar-refractivity contribution in [2.24, 2.45) is 23.2 Å². The van der Waals surface area contributed by atoms with E-state index >= 15 is 0 Å². The molecule has 5 atom stereocenters. The second-order valence-electron chi connectivity index (χ2n) is 8.33. The minimum Gasteiger partial charge on any atom is -0.449 e. The van der Waals surface area contributed by atoms with Crippen LogP contribution in [0.4, 0.5) is 10.5 Å². The van der Waals surface area contributed by atoms with Crippen LogP contribution in [0.3, 0.4) is 0 Å². The van der Waals surface area contributed by atoms with E-state index in [-0.39, 0.29) is 23.4 Å². The van der Waals surface area contributed by atoms with Crippen molar-refractivity contribution < 1.29 is 14.3 Å². The normalized spacial score (nSPS) is 30.9. The molecule has 1 aliphatic heterocycles. The third-order valence-corrected chi connectivity index (χ3v) is 6.75. The van der Waals surface area contributed by atoms with Crippen molar-refractivity contribution >= 4 is 11.8 Å². The lowest BCUT2D eigenvalue weighted by molar-refractivity contribution is -0.165. The second kappa shape index (κ2) is 7.99. The lowest BCUT2D eigenvalue weighted by atomic mass is 9.56. The maximum atomic E-state index is 12.4. The molecule has 0 saturated carbocycles. The van der Waals surface area contributed by atoms with Gasteiger partial charge in [-0.1, -0.05) is 49.8 Å². The number of nitrogens with one attached hydrogen (secondary N) is 1. The van der Waals surface area contributed by atoms with Gasteiger partial charge in [-0.2, -0.15) is 0 Å². The summed E-state index contributed by atoms with van der Waals surface area (Å²) in [6.07, 6.45) is 5.55. The Morgan fingerprint density at radius 2 is 2.03 bits per heavy atom. The molecule has 5 nitrogen and oxygen atoms in total. The Labute approximate surface area is 172 Å². The minimum absolute atomic E-state index is 0.0197. The van der Waals surface area contributed by atoms with E-state index in [0.29, 0.717) is 19.1 Å². The SMILES string of the molecule is CC1=CC(C)C2(COC(=O)Nc3ccccc3)COC(c3cccnc3)C1C2C. The number of pyridine rings is 1. The van der Waals surface area contributed by atoms with Crippen LogP contribution in [0.2, 0.25) is 0 Å². The number of para-hydroxylation sites is 1. The Kier molecular flexibility index (Phi) is 5.41. The van der Waals surface area contributed by atoms with Gasteiger partial charge < -0.3 is 9.47 Å². The lowest BCUT2D eigenvalue weighted by Gasteiger charge is -2.55. The highest BCUT2D eigenvalue weighted by Crippen LogP contribution is 2.56. The molecule has 1 aromatic carbocycles. The molecular weight excluding hydrogens is 364 g/mol. The van der Waals surface area contributed by atoms with Crippen molar-refractivity contribution in [3.05, 3.63) is 72.1 Å². The van der Waals surface area contributed by atoms with E-state index < -0.39 is 6.09 Å². The molecule has 2 bridgehead atoms. The largest absolute Gasteiger partial charge is 0.449 e. The van der Waals surface area contributed by atoms with Crippen LogP contribution >= 0.6 is 0 Å². The molecule has 5 heteroatoms. The van der Waals surface area contributed by atoms with Crippen molar-refractivity contribution in [1.82, 2.24) is 4.98 Å². The Hall–Kier alpha value is -2.66. The molecule has 1 saturated heterocycles. The fraction of sp³-hybridized carbons (Fsp3) is 0.417. The van der Waals surface area contributed by atoms with Gasteiger partial charge in [0, 0.05) is 29.4 Å². The average Bonchev–Trinajstić information content (AvgIpc) is 2.73. The molecule has 1 fully saturated rings. The first-order valence-corrected chi connectivity index (χ1v) is 10.2. The van der Waals surface area contributed by atoms with Crippen LogP contribution in [-0.2, 0) is 9.47 Å². The number of carbonyl (C=O) groups is 1. The van der Waals surface area contributed by atoms with Gasteiger partial charge in [-0.3, -0.25) is 10.3 Å². The number of benzene rings is 1. The molecule has 4 rings (SSSR count). The molecule has 0 radical (unpaired) electrons. The van der Waals surface area contributed by atoms with Crippen LogP contribution in [0.15, 0.2) is 66.5 Å². The Morgan fingerprint density at radius 1 is 1.24 bits per heavy atom. The smallest absolute Gasteiger partial charge is 0.411 e. The number of nitrogens with zero attached hydrogens (tertiary/aromatic N) is 1. The molecule has 152 valence electrons. The van der Waals surface area contributed by atoms with E-state index in [1.807, 2.05) is 42.6 Å². The standard InChI is InChI=1S/C24H28N2O3/c1-16-12-17(2)24(15-29-23(27)26-20-9-5-4-6-10-20)14-28-22(21(16)18(24)3)19-8-7-11-25-13-19/h4-13,17-18,21-22H,14-15H2,1-3H3,(H,26,27). The summed E-state index contributed by atoms with van der Waals surface area (Å²) < 4.78 is 12.1. The quantitative estimate of drug-likeness (QED) is 0.723. The Bertz CT molecular complexity index is 884. The highest BCUT2D eigenvalue weighted by atomic mass is 16.6. The summed E-state index contributed by atoms with van der Waals surface area (Å²) in [5.74, 6) is 0.809. The molecule has 1 N–H and O–H groups in total. The van der Waals surface area contributed by atoms with Gasteiger partial charge in [0.15, 0.2) is 0 Å². The number of hydrogen-bond donors (Lipinski definition) is 1. The Morgan fingerprint density at radius 3 is 2.76 bits per heavy atom. The zero-order valence-corrected chi connectivity index (χ0v) is 17.2. The van der Waals surface area contributed by atoms with Crippen LogP contribution in [0.1, 0.15) is 32.4 Å². The molecule has 1 amide bonds. The summed E-state index contributed by atoms with van der Waals surface area (Å²) in [4.78, 5) is 16.6. The second-order valence-corrected chi connectivity index (χ2v) is 8.33. The number of carbonyl (C=O) groups excluding carboxylic acids is 1. The van der Waals surface area contributed by atoms with Crippen molar-refractivity contribution in [3.8, 4) is 0 Å². The van der Waals surface area contributed by atoms with E-state index in [2.05, 4.69) is 43.2 Å². The van der Waals surface area contributed by atoms with Gasteiger partial charge in [0.1, 0.15) is 6.61 Å². The predicted molar refractivity (Wildman–Crippen MR) is 112 cm³/mol. The van der Waals surface area contributed by atoms with Crippen LogP contribution in [0.5, 0.6) is 0 Å². The maximum absolute atomic E-state index is 12.4. The van der Waals surface area contributed by atoms with Gasteiger partial charge >= 0.3 is 6.09 Å². The fourth-order valence-electron chi connectivity index (χ4n) is 4.98. The average molecular weight is 392 g/mol. The molecule has 5 unspecified atom stereocenters. The highest BCUT2D eigenvalue weighted by Gasteiger charge is 2.54. The summed E-state index contributed by atoms with van der Waals surface area (Å²) in [6.45, 7) is 7.52. The predicted octanol–water partition coefficient (Wildman–Crippen LogP) is 5.24. The van der Waals surface area contributed by atoms with E-state index in [1.165, 1.54) is 5.57 Å². The molecule has 29 heavy (non-hydrogen) atoms. The number of rotatable bonds is 4. The van der Waals surface area contributed by atoms with E-state index in [9.17, 15) is 4.79 Å². The zero-order valence-electron chi connectivity index (χ0n) is 17.2. The zero-order chi connectivity index (χ0) is 20.4. The number of aromatic nitrogens is 1. The number of allylic oxidation sites excluding steroid dienone is 1. The third kappa shape index (κ3) is 3.67. The number of hydrogen-bond acceptors (Lipinski definition) is 4. The lowest BCUT2D eigenvalue weighted by Crippen LogP contribution is -2.54. The summed E-state index contributed by atoms with van der Waals surface area (Å²) >= 11 is 0. The van der Waals surface area contributed by atoms with E-state index in [4.69, 9.17) is 9.47 Å². The summed E-state index contributed by atoms with van der Waals surface area (Å²) in [5, 5.41) is 2.80. The molecular formula is C24H28N2O3. The molecule has 1 aromatic heterocycles. The van der Waals surface area contributed by atoms with Crippen molar-refractivity contribution in [2.75, 3.05) is 18.5 Å². The highest BCUT2D eigenvalue weighted by molar-refractivity contribution is 5.84. The van der Waals surface area contributed by atoms with Crippen LogP contribution in [0.25, 0.3) is 0 Å². The van der Waals surface area contributed by atoms with Gasteiger partial charge in [-0.05, 0) is 42.5 Å². The van der Waals surface area contributed by atoms with Crippen molar-refractivity contribution in [1.29, 1.82) is 0 Å². The number of anilines is 1. The van der Waals surface area contributed by atoms with Gasteiger partial charge in [0.25, 0.3) is 0 Å². The summed E-state index contributed by atoms with van der Waals surface area (Å²) in [5.41, 5.74) is 2.92. The fourth-order valence-corrected chi connectivity index (χ4v) is 4.98. The summed E-state index contributed by atoms with van der Waals surface area (Å²) in [6, 6.07) is 13.4. The Balaban J connectivity index is 1.52. The first-order valence-electron chi connectivity index (χ1n) is 10.2. The number of fused-ring (bicyclic) bond motifs is 2. The molecule has 2 heterocycles. The molecule has 2 aliphatic rings. The van der Waals surface area contributed by atoms with Crippen LogP contribution in [-0.4, -0.2) is 24.3 Å². The summed E-state index contributed by atoms with van der Waals surface area (Å²) in [7, 11) is 0. The van der Waals surface area contributed by atoms with E-state index in [0.717, 1.165) is 11.3 Å².